The third-order valence-corrected chi connectivity index (χ3v) is 7.66. The third kappa shape index (κ3) is 12.3. The zero-order valence-electron chi connectivity index (χ0n) is 23.2. The van der Waals surface area contributed by atoms with Crippen LogP contribution in [0, 0.1) is 0 Å². The molecule has 0 aromatic rings. The van der Waals surface area contributed by atoms with Crippen molar-refractivity contribution in [2.75, 3.05) is 26.2 Å². The van der Waals surface area contributed by atoms with Crippen LogP contribution >= 0.6 is 0 Å². The number of Topliss-reactive ketones (excluding diaryl/α,β-unsaturated/α-hetero) is 1. The molecule has 1 aliphatic rings. The Morgan fingerprint density at radius 2 is 1.00 bits per heavy atom. The fourth-order valence-corrected chi connectivity index (χ4v) is 5.09. The fourth-order valence-electron chi connectivity index (χ4n) is 5.09. The maximum absolute atomic E-state index is 12.3. The summed E-state index contributed by atoms with van der Waals surface area (Å²) in [6.45, 7) is 16.1. The Morgan fingerprint density at radius 3 is 1.47 bits per heavy atom. The van der Waals surface area contributed by atoms with Crippen LogP contribution in [-0.4, -0.2) is 42.2 Å². The normalized spacial score (nSPS) is 14.4. The molecule has 0 aromatic heterocycles. The van der Waals surface area contributed by atoms with Crippen molar-refractivity contribution in [3.05, 3.63) is 22.8 Å². The molecule has 0 N–H and O–H groups in total. The highest BCUT2D eigenvalue weighted by atomic mass is 79.9. The van der Waals surface area contributed by atoms with Gasteiger partial charge in [-0.05, 0) is 64.9 Å². The quantitative estimate of drug-likeness (QED) is 0.122. The summed E-state index contributed by atoms with van der Waals surface area (Å²) in [6, 6.07) is 0. The summed E-state index contributed by atoms with van der Waals surface area (Å²) in [5.41, 5.74) is 1.97. The Kier molecular flexibility index (Phi) is 19.0. The number of halogens is 1. The average Bonchev–Trinajstić information content (AvgIpc) is 2.82. The van der Waals surface area contributed by atoms with Crippen molar-refractivity contribution in [2.45, 2.75) is 131 Å². The van der Waals surface area contributed by atoms with E-state index in [1.54, 1.807) is 19.9 Å². The van der Waals surface area contributed by atoms with Crippen molar-refractivity contribution in [2.24, 2.45) is 0 Å². The van der Waals surface area contributed by atoms with E-state index in [-0.39, 0.29) is 28.5 Å². The second-order valence-electron chi connectivity index (χ2n) is 10.5. The number of carbonyl (C=O) groups excluding carboxylic acids is 2. The van der Waals surface area contributed by atoms with Crippen LogP contribution in [0.2, 0.25) is 0 Å². The van der Waals surface area contributed by atoms with E-state index in [1.165, 1.54) is 108 Å². The number of quaternary nitrogens is 1. The highest BCUT2D eigenvalue weighted by molar-refractivity contribution is 6.22. The summed E-state index contributed by atoms with van der Waals surface area (Å²) < 4.78 is 1.38. The Labute approximate surface area is 222 Å². The monoisotopic (exact) mass is 539 g/mol. The molecule has 0 spiro atoms. The van der Waals surface area contributed by atoms with E-state index >= 15 is 0 Å². The molecule has 1 aliphatic carbocycles. The van der Waals surface area contributed by atoms with Gasteiger partial charge in [-0.15, -0.1) is 0 Å². The van der Waals surface area contributed by atoms with Gasteiger partial charge in [-0.3, -0.25) is 9.59 Å². The summed E-state index contributed by atoms with van der Waals surface area (Å²) in [5.74, 6) is 0.0993. The first kappa shape index (κ1) is 33.3. The summed E-state index contributed by atoms with van der Waals surface area (Å²) in [4.78, 5) is 24.3. The molecule has 3 nitrogen and oxygen atoms in total. The van der Waals surface area contributed by atoms with E-state index in [4.69, 9.17) is 0 Å². The van der Waals surface area contributed by atoms with E-state index in [1.807, 2.05) is 0 Å². The highest BCUT2D eigenvalue weighted by Gasteiger charge is 2.25. The molecular formula is C30H54BrNO2. The van der Waals surface area contributed by atoms with E-state index in [9.17, 15) is 9.59 Å². The first-order valence-corrected chi connectivity index (χ1v) is 14.2. The Hall–Kier alpha value is -0.740. The molecule has 198 valence electrons. The lowest BCUT2D eigenvalue weighted by atomic mass is 9.88. The van der Waals surface area contributed by atoms with Crippen molar-refractivity contribution in [1.29, 1.82) is 0 Å². The number of ketones is 2. The first-order chi connectivity index (χ1) is 15.9. The second-order valence-corrected chi connectivity index (χ2v) is 10.5. The number of nitrogens with zero attached hydrogens (tertiary/aromatic N) is 1. The SMILES string of the molecule is CCCC[N+](CCCC)(CCCC)CCCCCCCCCCC1=CC(=O)C(C)=C(C)C1=O.[Br-]. The summed E-state index contributed by atoms with van der Waals surface area (Å²) in [6.07, 6.45) is 20.6. The van der Waals surface area contributed by atoms with Gasteiger partial charge in [0.15, 0.2) is 11.6 Å². The largest absolute Gasteiger partial charge is 1.00 e. The fraction of sp³-hybridized carbons (Fsp3) is 0.800. The predicted molar refractivity (Wildman–Crippen MR) is 142 cm³/mol. The van der Waals surface area contributed by atoms with Crippen LogP contribution in [0.3, 0.4) is 0 Å². The average molecular weight is 541 g/mol. The van der Waals surface area contributed by atoms with Crippen LogP contribution in [-0.2, 0) is 9.59 Å². The number of carbonyl (C=O) groups is 2. The van der Waals surface area contributed by atoms with Gasteiger partial charge in [-0.2, -0.15) is 0 Å². The Morgan fingerprint density at radius 1 is 0.588 bits per heavy atom. The maximum atomic E-state index is 12.3. The minimum Gasteiger partial charge on any atom is -1.00 e. The minimum absolute atomic E-state index is 0. The van der Waals surface area contributed by atoms with Gasteiger partial charge in [-0.25, -0.2) is 0 Å². The molecule has 1 rings (SSSR count). The first-order valence-electron chi connectivity index (χ1n) is 14.2. The van der Waals surface area contributed by atoms with Gasteiger partial charge >= 0.3 is 0 Å². The molecular weight excluding hydrogens is 486 g/mol. The predicted octanol–water partition coefficient (Wildman–Crippen LogP) is 5.13. The van der Waals surface area contributed by atoms with Crippen LogP contribution in [0.4, 0.5) is 0 Å². The summed E-state index contributed by atoms with van der Waals surface area (Å²) >= 11 is 0. The summed E-state index contributed by atoms with van der Waals surface area (Å²) in [5, 5.41) is 0. The van der Waals surface area contributed by atoms with Gasteiger partial charge in [0.2, 0.25) is 0 Å². The van der Waals surface area contributed by atoms with Crippen LogP contribution in [0.1, 0.15) is 131 Å². The lowest BCUT2D eigenvalue weighted by molar-refractivity contribution is -0.929. The molecule has 0 atom stereocenters. The van der Waals surface area contributed by atoms with E-state index in [0.29, 0.717) is 11.1 Å². The molecule has 0 aromatic carbocycles. The number of allylic oxidation sites excluding steroid dienone is 4. The lowest BCUT2D eigenvalue weighted by Crippen LogP contribution is -3.00. The van der Waals surface area contributed by atoms with Gasteiger partial charge < -0.3 is 21.5 Å². The van der Waals surface area contributed by atoms with Gasteiger partial charge in [0, 0.05) is 16.7 Å². The second kappa shape index (κ2) is 19.4. The molecule has 0 amide bonds. The van der Waals surface area contributed by atoms with Crippen molar-refractivity contribution in [1.82, 2.24) is 0 Å². The molecule has 0 saturated heterocycles. The molecule has 0 heterocycles. The highest BCUT2D eigenvalue weighted by Crippen LogP contribution is 2.23. The van der Waals surface area contributed by atoms with E-state index in [0.717, 1.165) is 24.8 Å². The van der Waals surface area contributed by atoms with Crippen LogP contribution < -0.4 is 17.0 Å². The minimum atomic E-state index is 0. The lowest BCUT2D eigenvalue weighted by Gasteiger charge is -2.39. The van der Waals surface area contributed by atoms with Gasteiger partial charge in [-0.1, -0.05) is 72.1 Å². The van der Waals surface area contributed by atoms with Crippen molar-refractivity contribution < 1.29 is 31.1 Å². The van der Waals surface area contributed by atoms with Gasteiger partial charge in [0.05, 0.1) is 26.2 Å². The summed E-state index contributed by atoms with van der Waals surface area (Å²) in [7, 11) is 0. The smallest absolute Gasteiger partial charge is 0.185 e. The molecule has 0 fully saturated rings. The zero-order chi connectivity index (χ0) is 24.5. The maximum Gasteiger partial charge on any atom is 0.185 e. The number of hydrogen-bond donors (Lipinski definition) is 0. The zero-order valence-corrected chi connectivity index (χ0v) is 24.7. The Balaban J connectivity index is 0.0000109. The molecule has 34 heavy (non-hydrogen) atoms. The molecule has 0 radical (unpaired) electrons. The molecule has 0 saturated carbocycles. The Bertz CT molecular complexity index is 628. The third-order valence-electron chi connectivity index (χ3n) is 7.66. The van der Waals surface area contributed by atoms with Gasteiger partial charge in [0.1, 0.15) is 0 Å². The van der Waals surface area contributed by atoms with Crippen molar-refractivity contribution in [3.63, 3.8) is 0 Å². The standard InChI is InChI=1S/C30H54NO2.BrH/c1-6-9-21-31(22-10-7-2,23-11-8-3)24-19-17-15-13-12-14-16-18-20-28-25-29(32)26(4)27(5)30(28)33;/h25H,6-24H2,1-5H3;1H/q+1;/p-1. The molecule has 0 bridgehead atoms. The number of hydrogen-bond acceptors (Lipinski definition) is 2. The van der Waals surface area contributed by atoms with Crippen LogP contribution in [0.25, 0.3) is 0 Å². The van der Waals surface area contributed by atoms with Crippen molar-refractivity contribution >= 4 is 11.6 Å². The topological polar surface area (TPSA) is 34.1 Å². The van der Waals surface area contributed by atoms with Gasteiger partial charge in [0.25, 0.3) is 0 Å². The van der Waals surface area contributed by atoms with E-state index < -0.39 is 0 Å². The van der Waals surface area contributed by atoms with Crippen LogP contribution in [0.15, 0.2) is 22.8 Å². The van der Waals surface area contributed by atoms with E-state index in [2.05, 4.69) is 20.8 Å². The molecule has 4 heteroatoms. The number of rotatable bonds is 20. The molecule has 0 unspecified atom stereocenters. The van der Waals surface area contributed by atoms with Crippen molar-refractivity contribution in [3.8, 4) is 0 Å². The van der Waals surface area contributed by atoms with Crippen LogP contribution in [0.5, 0.6) is 0 Å². The number of unbranched alkanes of at least 4 members (excludes halogenated alkanes) is 10. The molecule has 0 aliphatic heterocycles.